The largest absolute Gasteiger partial charge is 0.376 e. The minimum absolute atomic E-state index is 0.108. The van der Waals surface area contributed by atoms with Gasteiger partial charge in [0.25, 0.3) is 0 Å². The van der Waals surface area contributed by atoms with Crippen molar-refractivity contribution in [2.24, 2.45) is 0 Å². The Balaban J connectivity index is 2.12. The Morgan fingerprint density at radius 2 is 2.38 bits per heavy atom. The van der Waals surface area contributed by atoms with Gasteiger partial charge < -0.3 is 10.1 Å². The second-order valence-electron chi connectivity index (χ2n) is 4.20. The number of anilines is 1. The van der Waals surface area contributed by atoms with Crippen molar-refractivity contribution >= 4 is 5.82 Å². The molecule has 1 N–H and O–H groups in total. The van der Waals surface area contributed by atoms with Gasteiger partial charge in [0, 0.05) is 6.61 Å². The van der Waals surface area contributed by atoms with Gasteiger partial charge in [-0.1, -0.05) is 0 Å². The molecule has 1 aromatic heterocycles. The molecule has 0 aliphatic carbocycles. The SMILES string of the molecule is CC1OCCC1(C)Nc1cnc(C#N)cn1. The standard InChI is InChI=1S/C11H14N4O/c1-8-11(2,3-4-16-8)15-10-7-13-9(5-12)6-14-10/h6-8H,3-4H2,1-2H3,(H,14,15). The molecule has 0 aromatic carbocycles. The summed E-state index contributed by atoms with van der Waals surface area (Å²) in [6.45, 7) is 4.90. The van der Waals surface area contributed by atoms with Gasteiger partial charge in [-0.15, -0.1) is 0 Å². The monoisotopic (exact) mass is 218 g/mol. The maximum absolute atomic E-state index is 8.61. The van der Waals surface area contributed by atoms with E-state index in [1.54, 1.807) is 6.20 Å². The Hall–Kier alpha value is -1.67. The number of nitrogens with one attached hydrogen (secondary N) is 1. The molecule has 16 heavy (non-hydrogen) atoms. The lowest BCUT2D eigenvalue weighted by Gasteiger charge is -2.29. The number of rotatable bonds is 2. The lowest BCUT2D eigenvalue weighted by molar-refractivity contribution is 0.105. The van der Waals surface area contributed by atoms with E-state index in [9.17, 15) is 0 Å². The zero-order chi connectivity index (χ0) is 11.6. The highest BCUT2D eigenvalue weighted by atomic mass is 16.5. The van der Waals surface area contributed by atoms with Gasteiger partial charge >= 0.3 is 0 Å². The van der Waals surface area contributed by atoms with Crippen LogP contribution in [0.3, 0.4) is 0 Å². The molecule has 1 saturated heterocycles. The van der Waals surface area contributed by atoms with Crippen molar-refractivity contribution in [3.05, 3.63) is 18.1 Å². The first-order valence-corrected chi connectivity index (χ1v) is 5.26. The van der Waals surface area contributed by atoms with Crippen molar-refractivity contribution in [2.75, 3.05) is 11.9 Å². The Morgan fingerprint density at radius 3 is 2.88 bits per heavy atom. The molecule has 1 aliphatic heterocycles. The summed E-state index contributed by atoms with van der Waals surface area (Å²) in [5.74, 6) is 0.679. The molecule has 2 heterocycles. The molecule has 0 spiro atoms. The second-order valence-corrected chi connectivity index (χ2v) is 4.20. The van der Waals surface area contributed by atoms with Gasteiger partial charge in [-0.25, -0.2) is 9.97 Å². The van der Waals surface area contributed by atoms with Gasteiger partial charge in [0.15, 0.2) is 5.69 Å². The first-order valence-electron chi connectivity index (χ1n) is 5.26. The molecular weight excluding hydrogens is 204 g/mol. The maximum Gasteiger partial charge on any atom is 0.158 e. The number of aromatic nitrogens is 2. The average Bonchev–Trinajstić information content (AvgIpc) is 2.60. The summed E-state index contributed by atoms with van der Waals surface area (Å²) in [6, 6.07) is 1.94. The molecule has 84 valence electrons. The highest BCUT2D eigenvalue weighted by Crippen LogP contribution is 2.28. The molecule has 0 amide bonds. The number of ether oxygens (including phenoxy) is 1. The Kier molecular flexibility index (Phi) is 2.75. The molecule has 2 atom stereocenters. The van der Waals surface area contributed by atoms with E-state index in [2.05, 4.69) is 22.2 Å². The molecule has 2 rings (SSSR count). The maximum atomic E-state index is 8.61. The summed E-state index contributed by atoms with van der Waals surface area (Å²) in [4.78, 5) is 8.11. The summed E-state index contributed by atoms with van der Waals surface area (Å²) in [7, 11) is 0. The van der Waals surface area contributed by atoms with E-state index in [0.29, 0.717) is 11.5 Å². The predicted molar refractivity (Wildman–Crippen MR) is 58.8 cm³/mol. The van der Waals surface area contributed by atoms with Crippen LogP contribution in [0.25, 0.3) is 0 Å². The average molecular weight is 218 g/mol. The van der Waals surface area contributed by atoms with Crippen LogP contribution in [0.4, 0.5) is 5.82 Å². The highest BCUT2D eigenvalue weighted by molar-refractivity contribution is 5.37. The highest BCUT2D eigenvalue weighted by Gasteiger charge is 2.37. The van der Waals surface area contributed by atoms with Gasteiger partial charge in [-0.05, 0) is 20.3 Å². The van der Waals surface area contributed by atoms with E-state index in [1.807, 2.05) is 13.0 Å². The van der Waals surface area contributed by atoms with E-state index < -0.39 is 0 Å². The topological polar surface area (TPSA) is 70.8 Å². The van der Waals surface area contributed by atoms with E-state index in [-0.39, 0.29) is 11.6 Å². The van der Waals surface area contributed by atoms with Crippen molar-refractivity contribution in [2.45, 2.75) is 31.9 Å². The third kappa shape index (κ3) is 1.97. The fraction of sp³-hybridized carbons (Fsp3) is 0.545. The molecule has 5 nitrogen and oxygen atoms in total. The molecule has 5 heteroatoms. The first kappa shape index (κ1) is 10.8. The van der Waals surface area contributed by atoms with Gasteiger partial charge in [0.05, 0.1) is 24.0 Å². The van der Waals surface area contributed by atoms with Crippen molar-refractivity contribution in [3.63, 3.8) is 0 Å². The molecule has 0 bridgehead atoms. The van der Waals surface area contributed by atoms with Crippen LogP contribution in [0, 0.1) is 11.3 Å². The van der Waals surface area contributed by atoms with Crippen LogP contribution in [-0.2, 0) is 4.74 Å². The normalized spacial score (nSPS) is 28.7. The summed E-state index contributed by atoms with van der Waals surface area (Å²) >= 11 is 0. The summed E-state index contributed by atoms with van der Waals surface area (Å²) in [5.41, 5.74) is 0.217. The summed E-state index contributed by atoms with van der Waals surface area (Å²) < 4.78 is 5.52. The molecule has 0 radical (unpaired) electrons. The van der Waals surface area contributed by atoms with E-state index in [0.717, 1.165) is 13.0 Å². The number of hydrogen-bond donors (Lipinski definition) is 1. The van der Waals surface area contributed by atoms with Crippen molar-refractivity contribution in [1.82, 2.24) is 9.97 Å². The molecule has 2 unspecified atom stereocenters. The zero-order valence-corrected chi connectivity index (χ0v) is 9.40. The van der Waals surface area contributed by atoms with Gasteiger partial charge in [0.2, 0.25) is 0 Å². The van der Waals surface area contributed by atoms with Crippen LogP contribution in [-0.4, -0.2) is 28.2 Å². The van der Waals surface area contributed by atoms with Crippen molar-refractivity contribution in [3.8, 4) is 6.07 Å². The number of nitrogens with zero attached hydrogens (tertiary/aromatic N) is 3. The van der Waals surface area contributed by atoms with Crippen LogP contribution in [0.15, 0.2) is 12.4 Å². The summed E-state index contributed by atoms with van der Waals surface area (Å²) in [5, 5.41) is 11.9. The summed E-state index contributed by atoms with van der Waals surface area (Å²) in [6.07, 6.45) is 4.13. The van der Waals surface area contributed by atoms with Crippen molar-refractivity contribution < 1.29 is 4.74 Å². The Bertz CT molecular complexity index is 411. The Morgan fingerprint density at radius 1 is 1.56 bits per heavy atom. The van der Waals surface area contributed by atoms with E-state index in [4.69, 9.17) is 10.00 Å². The second kappa shape index (κ2) is 4.06. The zero-order valence-electron chi connectivity index (χ0n) is 9.40. The number of nitriles is 1. The molecular formula is C11H14N4O. The van der Waals surface area contributed by atoms with Crippen molar-refractivity contribution in [1.29, 1.82) is 5.26 Å². The first-order chi connectivity index (χ1) is 7.64. The fourth-order valence-corrected chi connectivity index (χ4v) is 1.74. The minimum Gasteiger partial charge on any atom is -0.376 e. The minimum atomic E-state index is -0.108. The van der Waals surface area contributed by atoms with Crippen LogP contribution in [0.5, 0.6) is 0 Å². The van der Waals surface area contributed by atoms with Gasteiger partial charge in [-0.3, -0.25) is 0 Å². The smallest absolute Gasteiger partial charge is 0.158 e. The molecule has 1 aliphatic rings. The third-order valence-electron chi connectivity index (χ3n) is 3.07. The molecule has 1 aromatic rings. The van der Waals surface area contributed by atoms with Crippen LogP contribution in [0.2, 0.25) is 0 Å². The number of hydrogen-bond acceptors (Lipinski definition) is 5. The molecule has 1 fully saturated rings. The van der Waals surface area contributed by atoms with Gasteiger partial charge in [0.1, 0.15) is 11.9 Å². The van der Waals surface area contributed by atoms with E-state index >= 15 is 0 Å². The fourth-order valence-electron chi connectivity index (χ4n) is 1.74. The van der Waals surface area contributed by atoms with E-state index in [1.165, 1.54) is 6.20 Å². The predicted octanol–water partition coefficient (Wildman–Crippen LogP) is 1.33. The Labute approximate surface area is 94.5 Å². The van der Waals surface area contributed by atoms with Gasteiger partial charge in [-0.2, -0.15) is 5.26 Å². The third-order valence-corrected chi connectivity index (χ3v) is 3.07. The lowest BCUT2D eigenvalue weighted by Crippen LogP contribution is -2.41. The van der Waals surface area contributed by atoms with Crippen LogP contribution >= 0.6 is 0 Å². The van der Waals surface area contributed by atoms with Crippen LogP contribution < -0.4 is 5.32 Å². The van der Waals surface area contributed by atoms with Crippen LogP contribution in [0.1, 0.15) is 26.0 Å². The quantitative estimate of drug-likeness (QED) is 0.810. The molecule has 0 saturated carbocycles. The lowest BCUT2D eigenvalue weighted by atomic mass is 9.95.